The highest BCUT2D eigenvalue weighted by Gasteiger charge is 2.29. The number of aromatic carboxylic acids is 1. The number of hydrogen-bond donors (Lipinski definition) is 2. The maximum atomic E-state index is 10.8. The summed E-state index contributed by atoms with van der Waals surface area (Å²) >= 11 is 0. The van der Waals surface area contributed by atoms with E-state index in [9.17, 15) is 4.79 Å². The highest BCUT2D eigenvalue weighted by molar-refractivity contribution is 5.88. The minimum Gasteiger partial charge on any atom is -0.478 e. The molecule has 92 valence electrons. The molecule has 1 saturated heterocycles. The van der Waals surface area contributed by atoms with E-state index in [1.54, 1.807) is 12.1 Å². The topological polar surface area (TPSA) is 58.6 Å². The summed E-state index contributed by atoms with van der Waals surface area (Å²) in [4.78, 5) is 10.8. The Kier molecular flexibility index (Phi) is 3.07. The van der Waals surface area contributed by atoms with Crippen molar-refractivity contribution in [2.75, 3.05) is 18.5 Å². The molecule has 17 heavy (non-hydrogen) atoms. The van der Waals surface area contributed by atoms with Gasteiger partial charge in [-0.05, 0) is 44.0 Å². The van der Waals surface area contributed by atoms with Crippen molar-refractivity contribution in [3.63, 3.8) is 0 Å². The molecule has 4 nitrogen and oxygen atoms in total. The fraction of sp³-hybridized carbons (Fsp3) is 0.462. The molecule has 0 aromatic heterocycles. The number of carboxylic acids is 1. The molecule has 0 saturated carbocycles. The van der Waals surface area contributed by atoms with Gasteiger partial charge in [0.25, 0.3) is 0 Å². The van der Waals surface area contributed by atoms with Crippen molar-refractivity contribution in [3.8, 4) is 0 Å². The third-order valence-electron chi connectivity index (χ3n) is 3.13. The van der Waals surface area contributed by atoms with Crippen molar-refractivity contribution in [1.29, 1.82) is 0 Å². The van der Waals surface area contributed by atoms with Crippen LogP contribution in [0, 0.1) is 6.92 Å². The van der Waals surface area contributed by atoms with E-state index in [-0.39, 0.29) is 5.54 Å². The fourth-order valence-electron chi connectivity index (χ4n) is 2.03. The van der Waals surface area contributed by atoms with E-state index in [4.69, 9.17) is 9.84 Å². The van der Waals surface area contributed by atoms with Gasteiger partial charge in [0.1, 0.15) is 0 Å². The normalized spacial score (nSPS) is 23.6. The van der Waals surface area contributed by atoms with E-state index in [1.807, 2.05) is 13.0 Å². The number of nitrogens with one attached hydrogen (secondary N) is 1. The van der Waals surface area contributed by atoms with Crippen molar-refractivity contribution in [1.82, 2.24) is 0 Å². The fourth-order valence-corrected chi connectivity index (χ4v) is 2.03. The molecule has 2 N–H and O–H groups in total. The van der Waals surface area contributed by atoms with Gasteiger partial charge in [-0.15, -0.1) is 0 Å². The number of anilines is 1. The Balaban J connectivity index is 2.19. The first kappa shape index (κ1) is 11.9. The molecule has 1 aromatic carbocycles. The van der Waals surface area contributed by atoms with Crippen molar-refractivity contribution >= 4 is 11.7 Å². The van der Waals surface area contributed by atoms with Crippen LogP contribution in [0.5, 0.6) is 0 Å². The molecule has 1 unspecified atom stereocenters. The van der Waals surface area contributed by atoms with E-state index >= 15 is 0 Å². The summed E-state index contributed by atoms with van der Waals surface area (Å²) in [5, 5.41) is 12.3. The quantitative estimate of drug-likeness (QED) is 0.843. The molecule has 0 bridgehead atoms. The second-order valence-corrected chi connectivity index (χ2v) is 4.82. The molecule has 0 spiro atoms. The summed E-state index contributed by atoms with van der Waals surface area (Å²) in [6, 6.07) is 5.13. The molecule has 0 radical (unpaired) electrons. The molecule has 1 fully saturated rings. The van der Waals surface area contributed by atoms with Crippen LogP contribution in [0.1, 0.15) is 29.3 Å². The molecule has 1 aliphatic rings. The van der Waals surface area contributed by atoms with Crippen molar-refractivity contribution in [2.24, 2.45) is 0 Å². The van der Waals surface area contributed by atoms with Gasteiger partial charge in [0, 0.05) is 12.3 Å². The largest absolute Gasteiger partial charge is 0.478 e. The van der Waals surface area contributed by atoms with Crippen LogP contribution in [0.2, 0.25) is 0 Å². The molecule has 1 aromatic rings. The second-order valence-electron chi connectivity index (χ2n) is 4.82. The Morgan fingerprint density at radius 3 is 2.82 bits per heavy atom. The molecular weight excluding hydrogens is 218 g/mol. The molecular formula is C13H17NO3. The first-order chi connectivity index (χ1) is 8.00. The van der Waals surface area contributed by atoms with Gasteiger partial charge in [0.2, 0.25) is 0 Å². The van der Waals surface area contributed by atoms with Gasteiger partial charge in [-0.25, -0.2) is 4.79 Å². The Morgan fingerprint density at radius 2 is 2.29 bits per heavy atom. The Bertz CT molecular complexity index is 436. The molecule has 1 heterocycles. The summed E-state index contributed by atoms with van der Waals surface area (Å²) in [6.45, 7) is 5.49. The van der Waals surface area contributed by atoms with Gasteiger partial charge >= 0.3 is 5.97 Å². The minimum absolute atomic E-state index is 0.0461. The lowest BCUT2D eigenvalue weighted by Crippen LogP contribution is -2.35. The molecule has 4 heteroatoms. The number of ether oxygens (including phenoxy) is 1. The van der Waals surface area contributed by atoms with Crippen LogP contribution in [0.25, 0.3) is 0 Å². The number of carboxylic acid groups (broad SMARTS) is 1. The highest BCUT2D eigenvalue weighted by atomic mass is 16.5. The number of aryl methyl sites for hydroxylation is 1. The lowest BCUT2D eigenvalue weighted by molar-refractivity contribution is 0.0697. The zero-order chi connectivity index (χ0) is 12.5. The SMILES string of the molecule is Cc1cc(C(=O)O)ccc1NC1(C)CCOC1. The average molecular weight is 235 g/mol. The minimum atomic E-state index is -0.893. The molecule has 0 amide bonds. The standard InChI is InChI=1S/C13H17NO3/c1-9-7-10(12(15)16)3-4-11(9)14-13(2)5-6-17-8-13/h3-4,7,14H,5-6,8H2,1-2H3,(H,15,16). The average Bonchev–Trinajstić information content (AvgIpc) is 2.68. The smallest absolute Gasteiger partial charge is 0.335 e. The summed E-state index contributed by atoms with van der Waals surface area (Å²) in [5.41, 5.74) is 2.19. The van der Waals surface area contributed by atoms with Gasteiger partial charge in [-0.3, -0.25) is 0 Å². The van der Waals surface area contributed by atoms with Gasteiger partial charge in [0.15, 0.2) is 0 Å². The maximum Gasteiger partial charge on any atom is 0.335 e. The number of rotatable bonds is 3. The monoisotopic (exact) mass is 235 g/mol. The van der Waals surface area contributed by atoms with E-state index in [0.717, 1.165) is 24.3 Å². The Morgan fingerprint density at radius 1 is 1.53 bits per heavy atom. The lowest BCUT2D eigenvalue weighted by atomic mass is 10.00. The zero-order valence-corrected chi connectivity index (χ0v) is 10.1. The van der Waals surface area contributed by atoms with Crippen LogP contribution >= 0.6 is 0 Å². The van der Waals surface area contributed by atoms with Crippen LogP contribution in [-0.2, 0) is 4.74 Å². The number of carbonyl (C=O) groups is 1. The second kappa shape index (κ2) is 4.37. The van der Waals surface area contributed by atoms with Crippen molar-refractivity contribution in [2.45, 2.75) is 25.8 Å². The molecule has 0 aliphatic carbocycles. The summed E-state index contributed by atoms with van der Waals surface area (Å²) < 4.78 is 5.38. The van der Waals surface area contributed by atoms with E-state index < -0.39 is 5.97 Å². The zero-order valence-electron chi connectivity index (χ0n) is 10.1. The van der Waals surface area contributed by atoms with E-state index in [1.165, 1.54) is 0 Å². The summed E-state index contributed by atoms with van der Waals surface area (Å²) in [5.74, 6) is -0.893. The molecule has 1 atom stereocenters. The van der Waals surface area contributed by atoms with Crippen molar-refractivity contribution in [3.05, 3.63) is 29.3 Å². The number of benzene rings is 1. The van der Waals surface area contributed by atoms with Gasteiger partial charge < -0.3 is 15.2 Å². The van der Waals surface area contributed by atoms with Gasteiger partial charge in [-0.1, -0.05) is 0 Å². The predicted molar refractivity (Wildman–Crippen MR) is 65.6 cm³/mol. The van der Waals surface area contributed by atoms with Crippen LogP contribution in [0.15, 0.2) is 18.2 Å². The van der Waals surface area contributed by atoms with E-state index in [0.29, 0.717) is 12.2 Å². The van der Waals surface area contributed by atoms with Crippen LogP contribution in [-0.4, -0.2) is 29.8 Å². The molecule has 1 aliphatic heterocycles. The van der Waals surface area contributed by atoms with E-state index in [2.05, 4.69) is 12.2 Å². The first-order valence-corrected chi connectivity index (χ1v) is 5.70. The Labute approximate surface area is 101 Å². The Hall–Kier alpha value is -1.55. The summed E-state index contributed by atoms with van der Waals surface area (Å²) in [7, 11) is 0. The van der Waals surface area contributed by atoms with Crippen LogP contribution in [0.3, 0.4) is 0 Å². The van der Waals surface area contributed by atoms with Gasteiger partial charge in [-0.2, -0.15) is 0 Å². The van der Waals surface area contributed by atoms with Crippen molar-refractivity contribution < 1.29 is 14.6 Å². The van der Waals surface area contributed by atoms with Crippen LogP contribution < -0.4 is 5.32 Å². The predicted octanol–water partition coefficient (Wildman–Crippen LogP) is 2.28. The number of hydrogen-bond acceptors (Lipinski definition) is 3. The lowest BCUT2D eigenvalue weighted by Gasteiger charge is -2.26. The maximum absolute atomic E-state index is 10.8. The molecule has 2 rings (SSSR count). The first-order valence-electron chi connectivity index (χ1n) is 5.70. The third-order valence-corrected chi connectivity index (χ3v) is 3.13. The summed E-state index contributed by atoms with van der Waals surface area (Å²) in [6.07, 6.45) is 0.965. The van der Waals surface area contributed by atoms with Crippen LogP contribution in [0.4, 0.5) is 5.69 Å². The third kappa shape index (κ3) is 2.58. The van der Waals surface area contributed by atoms with Gasteiger partial charge in [0.05, 0.1) is 17.7 Å². The highest BCUT2D eigenvalue weighted by Crippen LogP contribution is 2.26.